The molecule has 2 aromatic heterocycles. The van der Waals surface area contributed by atoms with Gasteiger partial charge in [-0.05, 0) is 48.0 Å². The van der Waals surface area contributed by atoms with Crippen LogP contribution in [-0.4, -0.2) is 37.7 Å². The van der Waals surface area contributed by atoms with Crippen LogP contribution in [0.3, 0.4) is 0 Å². The van der Waals surface area contributed by atoms with Crippen LogP contribution in [0.4, 0.5) is 5.88 Å². The number of carbonyl (C=O) groups is 2. The number of nitrogens with zero attached hydrogens (tertiary/aromatic N) is 1. The third-order valence-electron chi connectivity index (χ3n) is 5.36. The molecule has 0 atom stereocenters. The number of pyridine rings is 1. The van der Waals surface area contributed by atoms with Gasteiger partial charge in [-0.25, -0.2) is 4.79 Å². The average molecular weight is 499 g/mol. The molecule has 0 spiro atoms. The zero-order valence-corrected chi connectivity index (χ0v) is 19.9. The molecule has 4 rings (SSSR count). The first-order valence-electron chi connectivity index (χ1n) is 10.9. The highest BCUT2D eigenvalue weighted by Gasteiger charge is 2.25. The Kier molecular flexibility index (Phi) is 7.35. The van der Waals surface area contributed by atoms with Crippen LogP contribution in [0, 0.1) is 11.3 Å². The van der Waals surface area contributed by atoms with E-state index < -0.39 is 18.5 Å². The number of methoxy groups -OCH3 is 2. The summed E-state index contributed by atoms with van der Waals surface area (Å²) in [6.45, 7) is -0.640. The van der Waals surface area contributed by atoms with E-state index in [1.54, 1.807) is 62.8 Å². The number of rotatable bonds is 8. The van der Waals surface area contributed by atoms with E-state index in [1.807, 2.05) is 0 Å². The summed E-state index contributed by atoms with van der Waals surface area (Å²) in [7, 11) is 3.10. The molecule has 4 aromatic rings. The van der Waals surface area contributed by atoms with Crippen LogP contribution in [0.25, 0.3) is 22.5 Å². The Morgan fingerprint density at radius 2 is 1.57 bits per heavy atom. The van der Waals surface area contributed by atoms with E-state index in [9.17, 15) is 19.6 Å². The first-order chi connectivity index (χ1) is 17.9. The van der Waals surface area contributed by atoms with Crippen molar-refractivity contribution in [3.63, 3.8) is 0 Å². The number of aromatic amines is 1. The lowest BCUT2D eigenvalue weighted by atomic mass is 9.98. The zero-order valence-electron chi connectivity index (χ0n) is 19.9. The Morgan fingerprint density at radius 1 is 0.946 bits per heavy atom. The summed E-state index contributed by atoms with van der Waals surface area (Å²) in [6, 6.07) is 18.6. The Labute approximate surface area is 211 Å². The van der Waals surface area contributed by atoms with Crippen molar-refractivity contribution in [2.75, 3.05) is 26.1 Å². The number of aromatic nitrogens is 1. The molecule has 2 N–H and O–H groups in total. The lowest BCUT2D eigenvalue weighted by Gasteiger charge is -2.06. The van der Waals surface area contributed by atoms with E-state index in [4.69, 9.17) is 18.6 Å². The highest BCUT2D eigenvalue weighted by atomic mass is 16.5. The van der Waals surface area contributed by atoms with Gasteiger partial charge in [0.25, 0.3) is 5.91 Å². The number of furan rings is 1. The van der Waals surface area contributed by atoms with Gasteiger partial charge in [0.1, 0.15) is 28.9 Å². The van der Waals surface area contributed by atoms with Crippen molar-refractivity contribution >= 4 is 17.8 Å². The van der Waals surface area contributed by atoms with Gasteiger partial charge in [0.2, 0.25) is 11.4 Å². The molecule has 10 heteroatoms. The normalized spacial score (nSPS) is 10.3. The minimum absolute atomic E-state index is 0.0756. The summed E-state index contributed by atoms with van der Waals surface area (Å²) in [4.78, 5) is 38.2. The third kappa shape index (κ3) is 5.52. The van der Waals surface area contributed by atoms with Crippen molar-refractivity contribution < 1.29 is 28.2 Å². The second kappa shape index (κ2) is 11.0. The van der Waals surface area contributed by atoms with Crippen molar-refractivity contribution in [1.29, 1.82) is 5.26 Å². The Morgan fingerprint density at radius 3 is 2.11 bits per heavy atom. The van der Waals surface area contributed by atoms with Crippen molar-refractivity contribution in [3.05, 3.63) is 88.3 Å². The standard InChI is InChI=1S/C27H21N3O7/c1-34-19-8-3-16(4-9-19)24-21(13-28)26(37-25(24)17-5-10-20(35-2)11-6-17)30-23(32)15-36-27(33)18-7-12-22(31)29-14-18/h3-12,14H,15H2,1-2H3,(H,29,31)(H,30,32). The summed E-state index contributed by atoms with van der Waals surface area (Å²) in [5.41, 5.74) is 1.57. The number of hydrogen-bond donors (Lipinski definition) is 2. The second-order valence-electron chi connectivity index (χ2n) is 7.65. The number of hydrogen-bond acceptors (Lipinski definition) is 8. The fraction of sp³-hybridized carbons (Fsp3) is 0.111. The van der Waals surface area contributed by atoms with Gasteiger partial charge in [-0.15, -0.1) is 0 Å². The van der Waals surface area contributed by atoms with Crippen molar-refractivity contribution in [2.45, 2.75) is 0 Å². The molecular weight excluding hydrogens is 478 g/mol. The van der Waals surface area contributed by atoms with Gasteiger partial charge < -0.3 is 23.6 Å². The highest BCUT2D eigenvalue weighted by molar-refractivity contribution is 5.98. The van der Waals surface area contributed by atoms with E-state index >= 15 is 0 Å². The molecule has 0 saturated heterocycles. The minimum atomic E-state index is -0.802. The summed E-state index contributed by atoms with van der Waals surface area (Å²) in [5, 5.41) is 12.5. The van der Waals surface area contributed by atoms with Crippen LogP contribution in [-0.2, 0) is 9.53 Å². The average Bonchev–Trinajstić information content (AvgIpc) is 3.30. The molecule has 1 amide bonds. The molecule has 2 aromatic carbocycles. The Bertz CT molecular complexity index is 1510. The van der Waals surface area contributed by atoms with Crippen LogP contribution in [0.15, 0.2) is 76.1 Å². The maximum atomic E-state index is 12.6. The van der Waals surface area contributed by atoms with Crippen LogP contribution < -0.4 is 20.3 Å². The van der Waals surface area contributed by atoms with Gasteiger partial charge in [0, 0.05) is 23.4 Å². The molecule has 186 valence electrons. The fourth-order valence-corrected chi connectivity index (χ4v) is 3.52. The fourth-order valence-electron chi connectivity index (χ4n) is 3.52. The van der Waals surface area contributed by atoms with Crippen LogP contribution in [0.1, 0.15) is 15.9 Å². The number of nitrogens with one attached hydrogen (secondary N) is 2. The molecule has 0 bridgehead atoms. The highest BCUT2D eigenvalue weighted by Crippen LogP contribution is 2.42. The van der Waals surface area contributed by atoms with Gasteiger partial charge in [-0.3, -0.25) is 14.9 Å². The number of benzene rings is 2. The van der Waals surface area contributed by atoms with Crippen LogP contribution in [0.5, 0.6) is 11.5 Å². The number of ether oxygens (including phenoxy) is 3. The van der Waals surface area contributed by atoms with E-state index in [1.165, 1.54) is 18.3 Å². The third-order valence-corrected chi connectivity index (χ3v) is 5.36. The van der Waals surface area contributed by atoms with E-state index in [0.717, 1.165) is 0 Å². The largest absolute Gasteiger partial charge is 0.497 e. The second-order valence-corrected chi connectivity index (χ2v) is 7.65. The molecule has 0 unspecified atom stereocenters. The Balaban J connectivity index is 1.64. The van der Waals surface area contributed by atoms with E-state index in [2.05, 4.69) is 16.4 Å². The molecule has 0 aliphatic rings. The summed E-state index contributed by atoms with van der Waals surface area (Å²) in [6.07, 6.45) is 1.19. The summed E-state index contributed by atoms with van der Waals surface area (Å²) in [5.74, 6) is 0.0122. The van der Waals surface area contributed by atoms with Crippen LogP contribution in [0.2, 0.25) is 0 Å². The smallest absolute Gasteiger partial charge is 0.340 e. The zero-order chi connectivity index (χ0) is 26.4. The lowest BCUT2D eigenvalue weighted by molar-refractivity contribution is -0.119. The van der Waals surface area contributed by atoms with Gasteiger partial charge in [0.05, 0.1) is 19.8 Å². The Hall–Kier alpha value is -5.30. The van der Waals surface area contributed by atoms with Crippen LogP contribution >= 0.6 is 0 Å². The topological polar surface area (TPSA) is 144 Å². The van der Waals surface area contributed by atoms with Gasteiger partial charge in [-0.2, -0.15) is 5.26 Å². The summed E-state index contributed by atoms with van der Waals surface area (Å²) >= 11 is 0. The number of anilines is 1. The molecule has 0 saturated carbocycles. The number of carbonyl (C=O) groups excluding carboxylic acids is 2. The van der Waals surface area contributed by atoms with Gasteiger partial charge in [-0.1, -0.05) is 12.1 Å². The summed E-state index contributed by atoms with van der Waals surface area (Å²) < 4.78 is 21.4. The molecule has 0 radical (unpaired) electrons. The lowest BCUT2D eigenvalue weighted by Crippen LogP contribution is -2.21. The van der Waals surface area contributed by atoms with Crippen molar-refractivity contribution in [1.82, 2.24) is 4.98 Å². The molecule has 37 heavy (non-hydrogen) atoms. The molecular formula is C27H21N3O7. The molecule has 2 heterocycles. The van der Waals surface area contributed by atoms with E-state index in [-0.39, 0.29) is 22.6 Å². The van der Waals surface area contributed by atoms with Gasteiger partial charge >= 0.3 is 5.97 Å². The molecule has 10 nitrogen and oxygen atoms in total. The quantitative estimate of drug-likeness (QED) is 0.347. The molecule has 0 aliphatic carbocycles. The predicted molar refractivity (Wildman–Crippen MR) is 133 cm³/mol. The first kappa shape index (κ1) is 24.8. The van der Waals surface area contributed by atoms with Crippen molar-refractivity contribution in [2.24, 2.45) is 0 Å². The SMILES string of the molecule is COc1ccc(-c2oc(NC(=O)COC(=O)c3ccc(=O)[nH]c3)c(C#N)c2-c2ccc(OC)cc2)cc1. The molecule has 0 fully saturated rings. The predicted octanol–water partition coefficient (Wildman–Crippen LogP) is 3.99. The maximum Gasteiger partial charge on any atom is 0.340 e. The first-order valence-corrected chi connectivity index (χ1v) is 10.9. The van der Waals surface area contributed by atoms with E-state index in [0.29, 0.717) is 33.9 Å². The maximum absolute atomic E-state index is 12.6. The number of amides is 1. The van der Waals surface area contributed by atoms with Gasteiger partial charge in [0.15, 0.2) is 6.61 Å². The molecule has 0 aliphatic heterocycles. The van der Waals surface area contributed by atoms with Crippen molar-refractivity contribution in [3.8, 4) is 40.0 Å². The monoisotopic (exact) mass is 499 g/mol. The number of H-pyrrole nitrogens is 1. The number of esters is 1. The minimum Gasteiger partial charge on any atom is -0.497 e. The number of nitriles is 1.